The molecule has 0 radical (unpaired) electrons. The number of aromatic nitrogens is 1. The number of nitrogens with zero attached hydrogens (tertiary/aromatic N) is 1. The fourth-order valence-corrected chi connectivity index (χ4v) is 1.87. The lowest BCUT2D eigenvalue weighted by molar-refractivity contribution is 0.0930. The standard InChI is InChI=1S/C11H13BrN2O/c1-7(8-5-6-8)13-11(15)9-3-2-4-10(12)14-9/h2-4,7-8H,5-6H2,1H3,(H,13,15). The van der Waals surface area contributed by atoms with E-state index >= 15 is 0 Å². The van der Waals surface area contributed by atoms with Crippen LogP contribution >= 0.6 is 15.9 Å². The molecule has 0 bridgehead atoms. The minimum Gasteiger partial charge on any atom is -0.348 e. The van der Waals surface area contributed by atoms with Crippen LogP contribution in [-0.4, -0.2) is 16.9 Å². The minimum atomic E-state index is -0.0873. The van der Waals surface area contributed by atoms with Gasteiger partial charge in [0.25, 0.3) is 5.91 Å². The summed E-state index contributed by atoms with van der Waals surface area (Å²) in [5.41, 5.74) is 0.469. The van der Waals surface area contributed by atoms with Gasteiger partial charge in [-0.1, -0.05) is 6.07 Å². The highest BCUT2D eigenvalue weighted by Gasteiger charge is 2.29. The quantitative estimate of drug-likeness (QED) is 0.856. The molecule has 1 aromatic rings. The van der Waals surface area contributed by atoms with Crippen molar-refractivity contribution in [2.75, 3.05) is 0 Å². The van der Waals surface area contributed by atoms with Gasteiger partial charge in [-0.05, 0) is 53.7 Å². The first-order valence-corrected chi connectivity index (χ1v) is 5.89. The summed E-state index contributed by atoms with van der Waals surface area (Å²) < 4.78 is 0.689. The topological polar surface area (TPSA) is 42.0 Å². The van der Waals surface area contributed by atoms with Crippen molar-refractivity contribution in [1.82, 2.24) is 10.3 Å². The highest BCUT2D eigenvalue weighted by Crippen LogP contribution is 2.32. The third kappa shape index (κ3) is 2.78. The van der Waals surface area contributed by atoms with Crippen molar-refractivity contribution in [3.05, 3.63) is 28.5 Å². The first-order chi connectivity index (χ1) is 7.16. The largest absolute Gasteiger partial charge is 0.348 e. The van der Waals surface area contributed by atoms with Crippen molar-refractivity contribution in [2.24, 2.45) is 5.92 Å². The molecule has 1 amide bonds. The summed E-state index contributed by atoms with van der Waals surface area (Å²) in [5.74, 6) is 0.580. The Balaban J connectivity index is 2.00. The van der Waals surface area contributed by atoms with Crippen LogP contribution in [0.2, 0.25) is 0 Å². The van der Waals surface area contributed by atoms with Crippen LogP contribution in [0.15, 0.2) is 22.8 Å². The molecule has 1 unspecified atom stereocenters. The van der Waals surface area contributed by atoms with Crippen LogP contribution in [0.4, 0.5) is 0 Å². The predicted molar refractivity (Wildman–Crippen MR) is 61.6 cm³/mol. The molecule has 15 heavy (non-hydrogen) atoms. The van der Waals surface area contributed by atoms with Gasteiger partial charge in [0.15, 0.2) is 0 Å². The highest BCUT2D eigenvalue weighted by atomic mass is 79.9. The number of hydrogen-bond acceptors (Lipinski definition) is 2. The molecule has 0 aromatic carbocycles. The van der Waals surface area contributed by atoms with E-state index in [2.05, 4.69) is 26.2 Å². The molecule has 2 rings (SSSR count). The first kappa shape index (κ1) is 10.6. The van der Waals surface area contributed by atoms with Gasteiger partial charge in [0, 0.05) is 6.04 Å². The smallest absolute Gasteiger partial charge is 0.270 e. The normalized spacial score (nSPS) is 17.2. The Labute approximate surface area is 97.4 Å². The molecular weight excluding hydrogens is 256 g/mol. The molecule has 1 N–H and O–H groups in total. The zero-order chi connectivity index (χ0) is 10.8. The summed E-state index contributed by atoms with van der Waals surface area (Å²) in [5, 5.41) is 2.96. The highest BCUT2D eigenvalue weighted by molar-refractivity contribution is 9.10. The van der Waals surface area contributed by atoms with Crippen molar-refractivity contribution < 1.29 is 4.79 Å². The Morgan fingerprint density at radius 1 is 1.60 bits per heavy atom. The van der Waals surface area contributed by atoms with Crippen LogP contribution < -0.4 is 5.32 Å². The second-order valence-corrected chi connectivity index (χ2v) is 4.76. The molecule has 0 spiro atoms. The van der Waals surface area contributed by atoms with E-state index in [4.69, 9.17) is 0 Å². The minimum absolute atomic E-state index is 0.0873. The first-order valence-electron chi connectivity index (χ1n) is 5.10. The summed E-state index contributed by atoms with van der Waals surface area (Å²) in [6.45, 7) is 2.05. The average Bonchev–Trinajstić information content (AvgIpc) is 3.00. The second kappa shape index (κ2) is 4.31. The number of hydrogen-bond donors (Lipinski definition) is 1. The van der Waals surface area contributed by atoms with E-state index in [1.807, 2.05) is 13.0 Å². The van der Waals surface area contributed by atoms with Gasteiger partial charge in [0.1, 0.15) is 10.3 Å². The summed E-state index contributed by atoms with van der Waals surface area (Å²) in [7, 11) is 0. The van der Waals surface area contributed by atoms with E-state index in [-0.39, 0.29) is 11.9 Å². The van der Waals surface area contributed by atoms with Crippen molar-refractivity contribution in [2.45, 2.75) is 25.8 Å². The van der Waals surface area contributed by atoms with E-state index in [0.29, 0.717) is 16.2 Å². The maximum absolute atomic E-state index is 11.7. The van der Waals surface area contributed by atoms with Crippen molar-refractivity contribution in [1.29, 1.82) is 0 Å². The van der Waals surface area contributed by atoms with Crippen LogP contribution in [0.3, 0.4) is 0 Å². The van der Waals surface area contributed by atoms with Crippen molar-refractivity contribution in [3.8, 4) is 0 Å². The molecule has 4 heteroatoms. The van der Waals surface area contributed by atoms with E-state index < -0.39 is 0 Å². The molecule has 0 aliphatic heterocycles. The molecule has 1 aromatic heterocycles. The third-order valence-electron chi connectivity index (χ3n) is 2.64. The van der Waals surface area contributed by atoms with Crippen LogP contribution in [-0.2, 0) is 0 Å². The fraction of sp³-hybridized carbons (Fsp3) is 0.455. The Kier molecular flexibility index (Phi) is 3.05. The Hall–Kier alpha value is -0.900. The predicted octanol–water partition coefficient (Wildman–Crippen LogP) is 2.37. The van der Waals surface area contributed by atoms with Gasteiger partial charge in [-0.3, -0.25) is 4.79 Å². The van der Waals surface area contributed by atoms with Gasteiger partial charge in [0.05, 0.1) is 0 Å². The summed E-state index contributed by atoms with van der Waals surface area (Å²) in [6, 6.07) is 5.60. The molecule has 80 valence electrons. The lowest BCUT2D eigenvalue weighted by Crippen LogP contribution is -2.34. The SMILES string of the molecule is CC(NC(=O)c1cccc(Br)n1)C1CC1. The number of carbonyl (C=O) groups is 1. The van der Waals surface area contributed by atoms with E-state index in [0.717, 1.165) is 0 Å². The summed E-state index contributed by atoms with van der Waals surface area (Å²) >= 11 is 3.25. The maximum Gasteiger partial charge on any atom is 0.270 e. The monoisotopic (exact) mass is 268 g/mol. The Bertz CT molecular complexity index is 377. The van der Waals surface area contributed by atoms with E-state index in [1.54, 1.807) is 12.1 Å². The maximum atomic E-state index is 11.7. The number of halogens is 1. The van der Waals surface area contributed by atoms with E-state index in [9.17, 15) is 4.79 Å². The van der Waals surface area contributed by atoms with Gasteiger partial charge in [-0.2, -0.15) is 0 Å². The number of pyridine rings is 1. The van der Waals surface area contributed by atoms with Gasteiger partial charge >= 0.3 is 0 Å². The van der Waals surface area contributed by atoms with Gasteiger partial charge in [0.2, 0.25) is 0 Å². The molecule has 1 atom stereocenters. The third-order valence-corrected chi connectivity index (χ3v) is 3.08. The zero-order valence-corrected chi connectivity index (χ0v) is 10.1. The summed E-state index contributed by atoms with van der Waals surface area (Å²) in [6.07, 6.45) is 2.46. The zero-order valence-electron chi connectivity index (χ0n) is 8.53. The molecule has 1 aliphatic carbocycles. The number of rotatable bonds is 3. The fourth-order valence-electron chi connectivity index (χ4n) is 1.53. The van der Waals surface area contributed by atoms with Crippen molar-refractivity contribution >= 4 is 21.8 Å². The lowest BCUT2D eigenvalue weighted by Gasteiger charge is -2.12. The molecule has 0 saturated heterocycles. The molecule has 1 aliphatic rings. The average molecular weight is 269 g/mol. The number of carbonyl (C=O) groups excluding carboxylic acids is 1. The number of amides is 1. The summed E-state index contributed by atoms with van der Waals surface area (Å²) in [4.78, 5) is 15.9. The van der Waals surface area contributed by atoms with Gasteiger partial charge in [-0.15, -0.1) is 0 Å². The van der Waals surface area contributed by atoms with E-state index in [1.165, 1.54) is 12.8 Å². The lowest BCUT2D eigenvalue weighted by atomic mass is 10.2. The Morgan fingerprint density at radius 3 is 2.93 bits per heavy atom. The van der Waals surface area contributed by atoms with Crippen molar-refractivity contribution in [3.63, 3.8) is 0 Å². The van der Waals surface area contributed by atoms with Gasteiger partial charge in [-0.25, -0.2) is 4.98 Å². The molecule has 1 saturated carbocycles. The van der Waals surface area contributed by atoms with Gasteiger partial charge < -0.3 is 5.32 Å². The molecular formula is C11H13BrN2O. The van der Waals surface area contributed by atoms with Crippen LogP contribution in [0, 0.1) is 5.92 Å². The molecule has 1 heterocycles. The molecule has 1 fully saturated rings. The van der Waals surface area contributed by atoms with Crippen LogP contribution in [0.5, 0.6) is 0 Å². The Morgan fingerprint density at radius 2 is 2.33 bits per heavy atom. The number of nitrogens with one attached hydrogen (secondary N) is 1. The van der Waals surface area contributed by atoms with Crippen LogP contribution in [0.25, 0.3) is 0 Å². The second-order valence-electron chi connectivity index (χ2n) is 3.95. The van der Waals surface area contributed by atoms with Crippen LogP contribution in [0.1, 0.15) is 30.3 Å². The molecule has 3 nitrogen and oxygen atoms in total.